The maximum Gasteiger partial charge on any atom is 0.340 e. The van der Waals surface area contributed by atoms with Crippen LogP contribution in [0.4, 0.5) is 5.69 Å². The molecule has 3 aliphatic rings. The Bertz CT molecular complexity index is 1260. The van der Waals surface area contributed by atoms with Crippen LogP contribution in [0.3, 0.4) is 0 Å². The van der Waals surface area contributed by atoms with E-state index in [1.807, 2.05) is 17.1 Å². The highest BCUT2D eigenvalue weighted by molar-refractivity contribution is 5.98. The molecule has 8 nitrogen and oxygen atoms in total. The second kappa shape index (κ2) is 7.23. The Kier molecular flexibility index (Phi) is 4.29. The second-order valence-electron chi connectivity index (χ2n) is 8.47. The Morgan fingerprint density at radius 1 is 0.818 bits per heavy atom. The van der Waals surface area contributed by atoms with Gasteiger partial charge in [-0.3, -0.25) is 5.01 Å². The van der Waals surface area contributed by atoms with Crippen LogP contribution in [0.2, 0.25) is 0 Å². The van der Waals surface area contributed by atoms with Gasteiger partial charge in [0.05, 0.1) is 11.3 Å². The van der Waals surface area contributed by atoms with Crippen molar-refractivity contribution in [3.05, 3.63) is 76.9 Å². The van der Waals surface area contributed by atoms with Gasteiger partial charge in [0.15, 0.2) is 5.60 Å². The lowest BCUT2D eigenvalue weighted by Gasteiger charge is -2.36. The van der Waals surface area contributed by atoms with E-state index in [0.29, 0.717) is 39.4 Å². The zero-order chi connectivity index (χ0) is 22.6. The highest BCUT2D eigenvalue weighted by atomic mass is 16.6. The Labute approximate surface area is 189 Å². The van der Waals surface area contributed by atoms with Gasteiger partial charge in [0.1, 0.15) is 23.0 Å². The average Bonchev–Trinajstić information content (AvgIpc) is 3.10. The van der Waals surface area contributed by atoms with Crippen LogP contribution in [0.15, 0.2) is 64.9 Å². The molecule has 3 aromatic rings. The molecule has 0 unspecified atom stereocenters. The lowest BCUT2D eigenvalue weighted by atomic mass is 9.77. The van der Waals surface area contributed by atoms with Gasteiger partial charge in [0.25, 0.3) is 0 Å². The van der Waals surface area contributed by atoms with E-state index in [9.17, 15) is 15.0 Å². The molecule has 6 rings (SSSR count). The third-order valence-corrected chi connectivity index (χ3v) is 6.38. The number of benzene rings is 3. The van der Waals surface area contributed by atoms with Gasteiger partial charge in [-0.2, -0.15) is 0 Å². The van der Waals surface area contributed by atoms with Crippen LogP contribution in [0.1, 0.15) is 46.3 Å². The first-order chi connectivity index (χ1) is 16.0. The minimum atomic E-state index is -1.26. The van der Waals surface area contributed by atoms with Crippen molar-refractivity contribution in [3.63, 3.8) is 0 Å². The number of fused-ring (bicyclic) bond motifs is 6. The predicted octanol–water partition coefficient (Wildman–Crippen LogP) is 5.15. The van der Waals surface area contributed by atoms with Crippen LogP contribution < -0.4 is 4.74 Å². The fourth-order valence-corrected chi connectivity index (χ4v) is 4.84. The summed E-state index contributed by atoms with van der Waals surface area (Å²) in [6.45, 7) is 1.76. The van der Waals surface area contributed by atoms with E-state index in [4.69, 9.17) is 9.47 Å². The van der Waals surface area contributed by atoms with Crippen molar-refractivity contribution in [1.82, 2.24) is 5.01 Å². The SMILES string of the molecule is O=C1OC2(c3ccc(O)cc3Oc3cc(O)ccc32)c2ccc(N=NN3CCCCC3)cc21. The highest BCUT2D eigenvalue weighted by Crippen LogP contribution is 2.57. The van der Waals surface area contributed by atoms with Crippen molar-refractivity contribution in [2.75, 3.05) is 13.1 Å². The first kappa shape index (κ1) is 19.6. The minimum Gasteiger partial charge on any atom is -0.508 e. The molecule has 0 amide bonds. The summed E-state index contributed by atoms with van der Waals surface area (Å²) in [4.78, 5) is 13.1. The number of hydrogen-bond donors (Lipinski definition) is 2. The van der Waals surface area contributed by atoms with Crippen LogP contribution in [-0.4, -0.2) is 34.3 Å². The van der Waals surface area contributed by atoms with Crippen molar-refractivity contribution in [2.45, 2.75) is 24.9 Å². The number of rotatable bonds is 2. The number of phenols is 2. The lowest BCUT2D eigenvalue weighted by molar-refractivity contribution is 0.0224. The van der Waals surface area contributed by atoms with E-state index in [1.165, 1.54) is 30.7 Å². The molecular weight excluding hydrogens is 422 g/mol. The smallest absolute Gasteiger partial charge is 0.340 e. The van der Waals surface area contributed by atoms with Gasteiger partial charge in [-0.05, 0) is 55.7 Å². The Morgan fingerprint density at radius 3 is 2.12 bits per heavy atom. The Hall–Kier alpha value is -4.07. The maximum atomic E-state index is 13.1. The van der Waals surface area contributed by atoms with Crippen molar-refractivity contribution >= 4 is 11.7 Å². The van der Waals surface area contributed by atoms with Gasteiger partial charge in [-0.25, -0.2) is 4.79 Å². The van der Waals surface area contributed by atoms with Crippen molar-refractivity contribution in [1.29, 1.82) is 0 Å². The molecule has 0 atom stereocenters. The van der Waals surface area contributed by atoms with E-state index in [0.717, 1.165) is 25.9 Å². The third kappa shape index (κ3) is 3.01. The zero-order valence-corrected chi connectivity index (χ0v) is 17.7. The first-order valence-electron chi connectivity index (χ1n) is 10.9. The molecular formula is C25H21N3O5. The molecule has 3 aromatic carbocycles. The molecule has 0 saturated carbocycles. The molecule has 3 aliphatic heterocycles. The summed E-state index contributed by atoms with van der Waals surface area (Å²) in [7, 11) is 0. The number of carbonyl (C=O) groups is 1. The van der Waals surface area contributed by atoms with Crippen molar-refractivity contribution in [3.8, 4) is 23.0 Å². The number of phenolic OH excluding ortho intramolecular Hbond substituents is 2. The summed E-state index contributed by atoms with van der Waals surface area (Å²) in [6.07, 6.45) is 3.41. The lowest BCUT2D eigenvalue weighted by Crippen LogP contribution is -2.32. The minimum absolute atomic E-state index is 0.0190. The Morgan fingerprint density at radius 2 is 1.45 bits per heavy atom. The molecule has 0 radical (unpaired) electrons. The van der Waals surface area contributed by atoms with Crippen LogP contribution in [0.25, 0.3) is 0 Å². The molecule has 0 aliphatic carbocycles. The summed E-state index contributed by atoms with van der Waals surface area (Å²) < 4.78 is 12.0. The fourth-order valence-electron chi connectivity index (χ4n) is 4.84. The van der Waals surface area contributed by atoms with Crippen LogP contribution in [0.5, 0.6) is 23.0 Å². The standard InChI is InChI=1S/C25H21N3O5/c29-16-5-8-20-22(13-16)32-23-14-17(30)6-9-21(23)25(20)19-7-4-15(12-18(19)24(31)33-25)26-27-28-10-2-1-3-11-28/h4-9,12-14,29-30H,1-3,10-11H2. The van der Waals surface area contributed by atoms with E-state index in [1.54, 1.807) is 18.2 Å². The van der Waals surface area contributed by atoms with E-state index in [-0.39, 0.29) is 11.5 Å². The number of nitrogens with zero attached hydrogens (tertiary/aromatic N) is 3. The van der Waals surface area contributed by atoms with Gasteiger partial charge < -0.3 is 19.7 Å². The van der Waals surface area contributed by atoms with E-state index >= 15 is 0 Å². The van der Waals surface area contributed by atoms with Crippen LogP contribution in [0, 0.1) is 0 Å². The molecule has 1 spiro atoms. The van der Waals surface area contributed by atoms with Gasteiger partial charge in [-0.15, -0.1) is 5.11 Å². The number of piperidine rings is 1. The first-order valence-corrected chi connectivity index (χ1v) is 10.9. The molecule has 0 bridgehead atoms. The molecule has 8 heteroatoms. The molecule has 1 fully saturated rings. The van der Waals surface area contributed by atoms with Gasteiger partial charge in [0.2, 0.25) is 0 Å². The van der Waals surface area contributed by atoms with E-state index in [2.05, 4.69) is 10.3 Å². The predicted molar refractivity (Wildman–Crippen MR) is 118 cm³/mol. The fraction of sp³-hybridized carbons (Fsp3) is 0.240. The van der Waals surface area contributed by atoms with Crippen LogP contribution in [-0.2, 0) is 10.3 Å². The Balaban J connectivity index is 1.49. The summed E-state index contributed by atoms with van der Waals surface area (Å²) >= 11 is 0. The zero-order valence-electron chi connectivity index (χ0n) is 17.7. The number of esters is 1. The summed E-state index contributed by atoms with van der Waals surface area (Å²) in [5.74, 6) is 0.251. The molecule has 2 N–H and O–H groups in total. The summed E-state index contributed by atoms with van der Waals surface area (Å²) in [5, 5.41) is 30.6. The second-order valence-corrected chi connectivity index (χ2v) is 8.47. The van der Waals surface area contributed by atoms with Crippen LogP contribution >= 0.6 is 0 Å². The monoisotopic (exact) mass is 443 g/mol. The molecule has 1 saturated heterocycles. The van der Waals surface area contributed by atoms with Crippen molar-refractivity contribution in [2.24, 2.45) is 10.3 Å². The average molecular weight is 443 g/mol. The quantitative estimate of drug-likeness (QED) is 0.419. The highest BCUT2D eigenvalue weighted by Gasteiger charge is 2.53. The largest absolute Gasteiger partial charge is 0.508 e. The number of carbonyl (C=O) groups excluding carboxylic acids is 1. The number of hydrogen-bond acceptors (Lipinski definition) is 7. The maximum absolute atomic E-state index is 13.1. The summed E-state index contributed by atoms with van der Waals surface area (Å²) in [6, 6.07) is 14.7. The van der Waals surface area contributed by atoms with E-state index < -0.39 is 11.6 Å². The number of ether oxygens (including phenoxy) is 2. The van der Waals surface area contributed by atoms with Gasteiger partial charge in [0, 0.05) is 41.9 Å². The van der Waals surface area contributed by atoms with Gasteiger partial charge >= 0.3 is 5.97 Å². The third-order valence-electron chi connectivity index (χ3n) is 6.38. The molecule has 3 heterocycles. The topological polar surface area (TPSA) is 104 Å². The number of aromatic hydroxyl groups is 2. The van der Waals surface area contributed by atoms with Crippen molar-refractivity contribution < 1.29 is 24.5 Å². The van der Waals surface area contributed by atoms with Gasteiger partial charge in [-0.1, -0.05) is 11.3 Å². The normalized spacial score (nSPS) is 17.9. The molecule has 166 valence electrons. The molecule has 33 heavy (non-hydrogen) atoms. The summed E-state index contributed by atoms with van der Waals surface area (Å²) in [5.41, 5.74) is 1.52. The molecule has 0 aromatic heterocycles.